The van der Waals surface area contributed by atoms with Gasteiger partial charge >= 0.3 is 6.01 Å². The minimum Gasteiger partial charge on any atom is -0.497 e. The minimum atomic E-state index is -0.170. The average Bonchev–Trinajstić information content (AvgIpc) is 3.28. The van der Waals surface area contributed by atoms with Gasteiger partial charge in [-0.2, -0.15) is 0 Å². The zero-order valence-corrected chi connectivity index (χ0v) is 16.3. The number of carbonyl (C=O) groups is 1. The second-order valence-electron chi connectivity index (χ2n) is 5.19. The Labute approximate surface area is 162 Å². The number of nitrogens with one attached hydrogen (secondary N) is 1. The van der Waals surface area contributed by atoms with Crippen molar-refractivity contribution in [2.75, 3.05) is 18.2 Å². The average molecular weight is 438 g/mol. The van der Waals surface area contributed by atoms with Crippen LogP contribution in [0.25, 0.3) is 11.7 Å². The van der Waals surface area contributed by atoms with Crippen LogP contribution in [0, 0.1) is 0 Å². The molecule has 0 saturated carbocycles. The highest BCUT2D eigenvalue weighted by molar-refractivity contribution is 9.10. The van der Waals surface area contributed by atoms with Crippen molar-refractivity contribution in [3.8, 4) is 17.4 Å². The van der Waals surface area contributed by atoms with Gasteiger partial charge in [-0.1, -0.05) is 5.10 Å². The summed E-state index contributed by atoms with van der Waals surface area (Å²) >= 11 is 4.89. The molecule has 0 atom stereocenters. The van der Waals surface area contributed by atoms with Crippen LogP contribution < -0.4 is 10.1 Å². The molecule has 0 unspecified atom stereocenters. The third-order valence-corrected chi connectivity index (χ3v) is 4.86. The lowest BCUT2D eigenvalue weighted by molar-refractivity contribution is -0.116. The standard InChI is InChI=1S/C17H16BrN3O4S/c1-23-11-4-6-12(7-5-11)26-10-2-3-15(22)19-17-21-20-16(25-17)13-8-9-14(18)24-13/h4-9H,2-3,10H2,1H3,(H,19,21,22). The third kappa shape index (κ3) is 5.12. The number of hydrogen-bond donors (Lipinski definition) is 1. The number of amides is 1. The van der Waals surface area contributed by atoms with Gasteiger partial charge in [0.25, 0.3) is 5.89 Å². The summed E-state index contributed by atoms with van der Waals surface area (Å²) < 4.78 is 16.4. The molecule has 0 aliphatic rings. The number of methoxy groups -OCH3 is 1. The third-order valence-electron chi connectivity index (χ3n) is 3.33. The van der Waals surface area contributed by atoms with E-state index in [1.807, 2.05) is 24.3 Å². The van der Waals surface area contributed by atoms with Gasteiger partial charge in [-0.25, -0.2) is 0 Å². The Morgan fingerprint density at radius 1 is 1.19 bits per heavy atom. The number of hydrogen-bond acceptors (Lipinski definition) is 7. The number of carbonyl (C=O) groups excluding carboxylic acids is 1. The van der Waals surface area contributed by atoms with Crippen LogP contribution >= 0.6 is 27.7 Å². The van der Waals surface area contributed by atoms with E-state index in [4.69, 9.17) is 13.6 Å². The largest absolute Gasteiger partial charge is 0.497 e. The highest BCUT2D eigenvalue weighted by Gasteiger charge is 2.14. The molecule has 1 N–H and O–H groups in total. The van der Waals surface area contributed by atoms with E-state index in [0.29, 0.717) is 16.9 Å². The molecule has 3 aromatic rings. The number of anilines is 1. The molecule has 3 rings (SSSR count). The number of furan rings is 1. The number of halogens is 1. The summed E-state index contributed by atoms with van der Waals surface area (Å²) in [5.41, 5.74) is 0. The molecular formula is C17H16BrN3O4S. The maximum absolute atomic E-state index is 12.0. The summed E-state index contributed by atoms with van der Waals surface area (Å²) in [4.78, 5) is 13.1. The summed E-state index contributed by atoms with van der Waals surface area (Å²) in [5.74, 6) is 2.13. The van der Waals surface area contributed by atoms with Gasteiger partial charge in [0, 0.05) is 11.3 Å². The summed E-state index contributed by atoms with van der Waals surface area (Å²) in [5, 5.41) is 10.2. The van der Waals surface area contributed by atoms with Crippen molar-refractivity contribution in [1.29, 1.82) is 0 Å². The zero-order valence-electron chi connectivity index (χ0n) is 13.9. The van der Waals surface area contributed by atoms with Gasteiger partial charge < -0.3 is 13.6 Å². The van der Waals surface area contributed by atoms with Crippen LogP contribution in [0.5, 0.6) is 5.75 Å². The summed E-state index contributed by atoms with van der Waals surface area (Å²) in [6, 6.07) is 11.3. The van der Waals surface area contributed by atoms with Gasteiger partial charge in [-0.15, -0.1) is 16.9 Å². The molecule has 2 aromatic heterocycles. The molecule has 0 bridgehead atoms. The molecule has 136 valence electrons. The molecule has 0 radical (unpaired) electrons. The van der Waals surface area contributed by atoms with Crippen molar-refractivity contribution in [2.45, 2.75) is 17.7 Å². The highest BCUT2D eigenvalue weighted by Crippen LogP contribution is 2.25. The number of benzene rings is 1. The Morgan fingerprint density at radius 2 is 2.00 bits per heavy atom. The monoisotopic (exact) mass is 437 g/mol. The summed E-state index contributed by atoms with van der Waals surface area (Å²) in [7, 11) is 1.64. The number of nitrogens with zero attached hydrogens (tertiary/aromatic N) is 2. The highest BCUT2D eigenvalue weighted by atomic mass is 79.9. The van der Waals surface area contributed by atoms with Crippen LogP contribution in [-0.4, -0.2) is 29.0 Å². The van der Waals surface area contributed by atoms with Gasteiger partial charge in [-0.3, -0.25) is 10.1 Å². The second kappa shape index (κ2) is 8.91. The van der Waals surface area contributed by atoms with Crippen LogP contribution in [0.2, 0.25) is 0 Å². The van der Waals surface area contributed by atoms with Crippen LogP contribution in [0.1, 0.15) is 12.8 Å². The number of ether oxygens (including phenoxy) is 1. The van der Waals surface area contributed by atoms with Gasteiger partial charge in [0.15, 0.2) is 10.4 Å². The first kappa shape index (κ1) is 18.5. The molecule has 0 fully saturated rings. The Hall–Kier alpha value is -2.26. The van der Waals surface area contributed by atoms with Crippen LogP contribution in [0.15, 0.2) is 54.8 Å². The molecule has 2 heterocycles. The maximum Gasteiger partial charge on any atom is 0.322 e. The fraction of sp³-hybridized carbons (Fsp3) is 0.235. The smallest absolute Gasteiger partial charge is 0.322 e. The van der Waals surface area contributed by atoms with E-state index in [-0.39, 0.29) is 17.8 Å². The van der Waals surface area contributed by atoms with Gasteiger partial charge in [0.05, 0.1) is 7.11 Å². The maximum atomic E-state index is 12.0. The zero-order chi connectivity index (χ0) is 18.4. The van der Waals surface area contributed by atoms with E-state index in [0.717, 1.165) is 22.8 Å². The first-order valence-corrected chi connectivity index (χ1v) is 9.58. The number of aromatic nitrogens is 2. The molecule has 9 heteroatoms. The van der Waals surface area contributed by atoms with Crippen LogP contribution in [-0.2, 0) is 4.79 Å². The van der Waals surface area contributed by atoms with Crippen molar-refractivity contribution in [3.05, 3.63) is 41.1 Å². The molecular weight excluding hydrogens is 422 g/mol. The van der Waals surface area contributed by atoms with Crippen molar-refractivity contribution < 1.29 is 18.4 Å². The molecule has 0 aliphatic heterocycles. The van der Waals surface area contributed by atoms with E-state index >= 15 is 0 Å². The topological polar surface area (TPSA) is 90.4 Å². The van der Waals surface area contributed by atoms with Gasteiger partial charge in [-0.05, 0) is 64.5 Å². The van der Waals surface area contributed by atoms with E-state index < -0.39 is 0 Å². The van der Waals surface area contributed by atoms with Gasteiger partial charge in [0.2, 0.25) is 5.91 Å². The Balaban J connectivity index is 1.40. The number of rotatable bonds is 8. The Bertz CT molecular complexity index is 863. The minimum absolute atomic E-state index is 0.0559. The van der Waals surface area contributed by atoms with E-state index in [1.165, 1.54) is 0 Å². The molecule has 0 aliphatic carbocycles. The predicted octanol–water partition coefficient (Wildman–Crippen LogP) is 4.61. The summed E-state index contributed by atoms with van der Waals surface area (Å²) in [6.45, 7) is 0. The molecule has 0 saturated heterocycles. The SMILES string of the molecule is COc1ccc(SCCCC(=O)Nc2nnc(-c3ccc(Br)o3)o2)cc1. The fourth-order valence-corrected chi connectivity index (χ4v) is 3.24. The second-order valence-corrected chi connectivity index (χ2v) is 7.14. The fourth-order valence-electron chi connectivity index (χ4n) is 2.08. The molecule has 1 aromatic carbocycles. The summed E-state index contributed by atoms with van der Waals surface area (Å²) in [6.07, 6.45) is 1.10. The Kier molecular flexibility index (Phi) is 6.35. The van der Waals surface area contributed by atoms with E-state index in [9.17, 15) is 4.79 Å². The first-order chi connectivity index (χ1) is 12.6. The molecule has 26 heavy (non-hydrogen) atoms. The van der Waals surface area contributed by atoms with Crippen LogP contribution in [0.3, 0.4) is 0 Å². The predicted molar refractivity (Wildman–Crippen MR) is 101 cm³/mol. The van der Waals surface area contributed by atoms with Gasteiger partial charge in [0.1, 0.15) is 5.75 Å². The lowest BCUT2D eigenvalue weighted by Crippen LogP contribution is -2.11. The quantitative estimate of drug-likeness (QED) is 0.406. The lowest BCUT2D eigenvalue weighted by atomic mass is 10.3. The van der Waals surface area contributed by atoms with Crippen molar-refractivity contribution in [2.24, 2.45) is 0 Å². The first-order valence-electron chi connectivity index (χ1n) is 7.80. The normalized spacial score (nSPS) is 10.7. The van der Waals surface area contributed by atoms with Crippen LogP contribution in [0.4, 0.5) is 6.01 Å². The van der Waals surface area contributed by atoms with Crippen molar-refractivity contribution in [3.63, 3.8) is 0 Å². The van der Waals surface area contributed by atoms with Crippen molar-refractivity contribution >= 4 is 39.6 Å². The van der Waals surface area contributed by atoms with E-state index in [2.05, 4.69) is 31.4 Å². The lowest BCUT2D eigenvalue weighted by Gasteiger charge is -2.03. The molecule has 7 nitrogen and oxygen atoms in total. The van der Waals surface area contributed by atoms with E-state index in [1.54, 1.807) is 31.0 Å². The molecule has 0 spiro atoms. The molecule has 1 amide bonds. The van der Waals surface area contributed by atoms with Crippen molar-refractivity contribution in [1.82, 2.24) is 10.2 Å². The Morgan fingerprint density at radius 3 is 2.69 bits per heavy atom. The number of thioether (sulfide) groups is 1.